The van der Waals surface area contributed by atoms with Gasteiger partial charge in [-0.1, -0.05) is 0 Å². The van der Waals surface area contributed by atoms with Gasteiger partial charge < -0.3 is 29.7 Å². The number of fused-ring (bicyclic) bond motifs is 2. The standard InChI is InChI=1S/C26H35N3O6/c1-29-21-6-5-19(13-24(30)27-14-16-2-3-16)35-23(21)15-34-22-7-4-18(12-20(22)26(29)32)28-25(31)17-8-10-33-11-9-17/h4,7,12,16-17,19,21,23H,2-3,5-6,8-11,13-15H2,1H3,(H,27,30)(H,28,31)/t19-,21+,23-/m0/s1. The third-order valence-corrected chi connectivity index (χ3v) is 7.57. The summed E-state index contributed by atoms with van der Waals surface area (Å²) in [7, 11) is 1.79. The summed E-state index contributed by atoms with van der Waals surface area (Å²) in [5.41, 5.74) is 1.01. The molecule has 0 aromatic heterocycles. The maximum Gasteiger partial charge on any atom is 0.257 e. The molecule has 5 rings (SSSR count). The smallest absolute Gasteiger partial charge is 0.257 e. The molecule has 35 heavy (non-hydrogen) atoms. The summed E-state index contributed by atoms with van der Waals surface area (Å²) in [6, 6.07) is 5.05. The van der Waals surface area contributed by atoms with Crippen LogP contribution in [-0.2, 0) is 19.1 Å². The van der Waals surface area contributed by atoms with Crippen molar-refractivity contribution in [3.63, 3.8) is 0 Å². The van der Waals surface area contributed by atoms with Gasteiger partial charge in [-0.25, -0.2) is 0 Å². The first kappa shape index (κ1) is 24.1. The molecule has 1 aliphatic carbocycles. The van der Waals surface area contributed by atoms with Crippen molar-refractivity contribution in [2.45, 2.75) is 63.2 Å². The molecule has 1 aromatic carbocycles. The number of nitrogens with zero attached hydrogens (tertiary/aromatic N) is 1. The van der Waals surface area contributed by atoms with Crippen molar-refractivity contribution in [1.82, 2.24) is 10.2 Å². The molecule has 3 amide bonds. The van der Waals surface area contributed by atoms with Crippen LogP contribution in [0.4, 0.5) is 5.69 Å². The highest BCUT2D eigenvalue weighted by Crippen LogP contribution is 2.33. The number of benzene rings is 1. The van der Waals surface area contributed by atoms with Crippen LogP contribution >= 0.6 is 0 Å². The topological polar surface area (TPSA) is 106 Å². The van der Waals surface area contributed by atoms with Crippen molar-refractivity contribution >= 4 is 23.4 Å². The molecule has 3 atom stereocenters. The second kappa shape index (κ2) is 10.5. The molecule has 3 fully saturated rings. The number of amides is 3. The minimum atomic E-state index is -0.306. The van der Waals surface area contributed by atoms with Gasteiger partial charge in [-0.15, -0.1) is 0 Å². The summed E-state index contributed by atoms with van der Waals surface area (Å²) in [6.07, 6.45) is 5.11. The maximum atomic E-state index is 13.4. The molecule has 9 nitrogen and oxygen atoms in total. The van der Waals surface area contributed by atoms with Gasteiger partial charge in [0.2, 0.25) is 11.8 Å². The second-order valence-electron chi connectivity index (χ2n) is 10.2. The molecule has 0 unspecified atom stereocenters. The average molecular weight is 486 g/mol. The quantitative estimate of drug-likeness (QED) is 0.641. The SMILES string of the molecule is CN1C(=O)c2cc(NC(=O)C3CCOCC3)ccc2OC[C@@H]2O[C@H](CC(=O)NCC3CC3)CC[C@H]21. The normalized spacial score (nSPS) is 27.1. The van der Waals surface area contributed by atoms with Crippen LogP contribution in [0.5, 0.6) is 5.75 Å². The van der Waals surface area contributed by atoms with Gasteiger partial charge in [0.05, 0.1) is 24.1 Å². The molecule has 9 heteroatoms. The first-order valence-corrected chi connectivity index (χ1v) is 12.8. The zero-order chi connectivity index (χ0) is 24.4. The van der Waals surface area contributed by atoms with E-state index in [1.54, 1.807) is 30.1 Å². The minimum absolute atomic E-state index is 0.0252. The summed E-state index contributed by atoms with van der Waals surface area (Å²) >= 11 is 0. The number of likely N-dealkylation sites (N-methyl/N-ethyl adjacent to an activating group) is 1. The summed E-state index contributed by atoms with van der Waals surface area (Å²) in [4.78, 5) is 40.0. The van der Waals surface area contributed by atoms with Gasteiger partial charge in [0.15, 0.2) is 0 Å². The van der Waals surface area contributed by atoms with Crippen LogP contribution in [0, 0.1) is 11.8 Å². The molecule has 1 saturated carbocycles. The van der Waals surface area contributed by atoms with Gasteiger partial charge in [0, 0.05) is 38.4 Å². The number of carbonyl (C=O) groups is 3. The van der Waals surface area contributed by atoms with Gasteiger partial charge in [0.25, 0.3) is 5.91 Å². The third-order valence-electron chi connectivity index (χ3n) is 7.57. The lowest BCUT2D eigenvalue weighted by atomic mass is 9.94. The van der Waals surface area contributed by atoms with E-state index in [0.717, 1.165) is 13.0 Å². The van der Waals surface area contributed by atoms with Crippen LogP contribution in [0.25, 0.3) is 0 Å². The average Bonchev–Trinajstić information content (AvgIpc) is 3.70. The van der Waals surface area contributed by atoms with E-state index < -0.39 is 0 Å². The summed E-state index contributed by atoms with van der Waals surface area (Å²) in [5, 5.41) is 5.96. The highest BCUT2D eigenvalue weighted by atomic mass is 16.5. The molecular weight excluding hydrogens is 450 g/mol. The van der Waals surface area contributed by atoms with Crippen molar-refractivity contribution < 1.29 is 28.6 Å². The van der Waals surface area contributed by atoms with E-state index in [9.17, 15) is 14.4 Å². The Morgan fingerprint density at radius 2 is 1.89 bits per heavy atom. The van der Waals surface area contributed by atoms with Crippen LogP contribution in [0.15, 0.2) is 18.2 Å². The van der Waals surface area contributed by atoms with E-state index in [1.165, 1.54) is 12.8 Å². The van der Waals surface area contributed by atoms with Gasteiger partial charge >= 0.3 is 0 Å². The summed E-state index contributed by atoms with van der Waals surface area (Å²) in [5.74, 6) is 0.846. The van der Waals surface area contributed by atoms with Crippen molar-refractivity contribution in [2.24, 2.45) is 11.8 Å². The van der Waals surface area contributed by atoms with Gasteiger partial charge in [-0.05, 0) is 62.6 Å². The van der Waals surface area contributed by atoms with Crippen LogP contribution in [0.3, 0.4) is 0 Å². The lowest BCUT2D eigenvalue weighted by Crippen LogP contribution is -2.54. The fraction of sp³-hybridized carbons (Fsp3) is 0.654. The molecule has 1 aromatic rings. The van der Waals surface area contributed by atoms with Crippen LogP contribution in [0.2, 0.25) is 0 Å². The molecule has 4 aliphatic rings. The van der Waals surface area contributed by atoms with Crippen LogP contribution < -0.4 is 15.4 Å². The van der Waals surface area contributed by atoms with E-state index in [1.807, 2.05) is 0 Å². The largest absolute Gasteiger partial charge is 0.490 e. The summed E-state index contributed by atoms with van der Waals surface area (Å²) in [6.45, 7) is 2.24. The minimum Gasteiger partial charge on any atom is -0.490 e. The first-order valence-electron chi connectivity index (χ1n) is 12.8. The van der Waals surface area contributed by atoms with Gasteiger partial charge in [-0.3, -0.25) is 14.4 Å². The molecule has 0 spiro atoms. The monoisotopic (exact) mass is 485 g/mol. The van der Waals surface area contributed by atoms with Gasteiger partial charge in [0.1, 0.15) is 18.5 Å². The maximum absolute atomic E-state index is 13.4. The zero-order valence-electron chi connectivity index (χ0n) is 20.3. The molecule has 0 bridgehead atoms. The molecule has 3 heterocycles. The predicted octanol–water partition coefficient (Wildman–Crippen LogP) is 2.35. The number of carbonyl (C=O) groups excluding carboxylic acids is 3. The first-order chi connectivity index (χ1) is 17.0. The van der Waals surface area contributed by atoms with Crippen molar-refractivity contribution in [1.29, 1.82) is 0 Å². The fourth-order valence-corrected chi connectivity index (χ4v) is 5.17. The second-order valence-corrected chi connectivity index (χ2v) is 10.2. The van der Waals surface area contributed by atoms with E-state index in [2.05, 4.69) is 10.6 Å². The Bertz CT molecular complexity index is 958. The third kappa shape index (κ3) is 5.78. The molecule has 0 radical (unpaired) electrons. The fourth-order valence-electron chi connectivity index (χ4n) is 5.17. The molecule has 3 aliphatic heterocycles. The highest BCUT2D eigenvalue weighted by Gasteiger charge is 2.39. The van der Waals surface area contributed by atoms with Crippen molar-refractivity contribution in [3.05, 3.63) is 23.8 Å². The van der Waals surface area contributed by atoms with E-state index in [-0.39, 0.29) is 41.9 Å². The lowest BCUT2D eigenvalue weighted by Gasteiger charge is -2.42. The Morgan fingerprint density at radius 3 is 2.66 bits per heavy atom. The summed E-state index contributed by atoms with van der Waals surface area (Å²) < 4.78 is 17.6. The number of hydrogen-bond donors (Lipinski definition) is 2. The molecule has 190 valence electrons. The Balaban J connectivity index is 1.23. The lowest BCUT2D eigenvalue weighted by molar-refractivity contribution is -0.134. The Hall–Kier alpha value is -2.65. The molecular formula is C26H35N3O6. The van der Waals surface area contributed by atoms with Gasteiger partial charge in [-0.2, -0.15) is 0 Å². The Labute approximate surface area is 205 Å². The number of hydrogen-bond acceptors (Lipinski definition) is 6. The van der Waals surface area contributed by atoms with Crippen LogP contribution in [0.1, 0.15) is 55.3 Å². The highest BCUT2D eigenvalue weighted by molar-refractivity contribution is 6.00. The molecule has 2 saturated heterocycles. The van der Waals surface area contributed by atoms with Crippen LogP contribution in [-0.4, -0.2) is 74.3 Å². The number of anilines is 1. The Kier molecular flexibility index (Phi) is 7.24. The molecule has 2 N–H and O–H groups in total. The van der Waals surface area contributed by atoms with E-state index in [4.69, 9.17) is 14.2 Å². The van der Waals surface area contributed by atoms with Crippen molar-refractivity contribution in [2.75, 3.05) is 38.7 Å². The van der Waals surface area contributed by atoms with Crippen molar-refractivity contribution in [3.8, 4) is 5.75 Å². The predicted molar refractivity (Wildman–Crippen MR) is 128 cm³/mol. The van der Waals surface area contributed by atoms with E-state index in [0.29, 0.717) is 68.4 Å². The number of nitrogens with one attached hydrogen (secondary N) is 2. The number of ether oxygens (including phenoxy) is 3. The van der Waals surface area contributed by atoms with E-state index >= 15 is 0 Å². The Morgan fingerprint density at radius 1 is 1.09 bits per heavy atom. The zero-order valence-corrected chi connectivity index (χ0v) is 20.3. The number of rotatable bonds is 6.